The molecule has 1 unspecified atom stereocenters. The number of carbonyl (C=O) groups is 1. The minimum absolute atomic E-state index is 0.0220. The summed E-state index contributed by atoms with van der Waals surface area (Å²) < 4.78 is 29.4. The topological polar surface area (TPSA) is 75.5 Å². The fourth-order valence-corrected chi connectivity index (χ4v) is 5.73. The van der Waals surface area contributed by atoms with Crippen molar-refractivity contribution >= 4 is 43.2 Å². The minimum atomic E-state index is -3.45. The highest BCUT2D eigenvalue weighted by Gasteiger charge is 2.33. The maximum Gasteiger partial charge on any atom is 0.252 e. The molecule has 0 spiro atoms. The molecule has 0 radical (unpaired) electrons. The van der Waals surface area contributed by atoms with E-state index in [0.29, 0.717) is 36.8 Å². The van der Waals surface area contributed by atoms with Crippen LogP contribution in [-0.2, 0) is 14.8 Å². The van der Waals surface area contributed by atoms with Gasteiger partial charge in [0.15, 0.2) is 0 Å². The second-order valence-electron chi connectivity index (χ2n) is 5.72. The first kappa shape index (κ1) is 18.6. The van der Waals surface area contributed by atoms with Crippen molar-refractivity contribution in [1.29, 1.82) is 0 Å². The monoisotopic (exact) mass is 446 g/mol. The second kappa shape index (κ2) is 7.56. The zero-order valence-corrected chi connectivity index (χ0v) is 16.9. The predicted octanol–water partition coefficient (Wildman–Crippen LogP) is 2.19. The molecule has 0 aromatic carbocycles. The number of hydrogen-bond acceptors (Lipinski definition) is 5. The lowest BCUT2D eigenvalue weighted by molar-refractivity contribution is -0.136. The van der Waals surface area contributed by atoms with E-state index in [4.69, 9.17) is 0 Å². The van der Waals surface area contributed by atoms with Crippen molar-refractivity contribution in [3.8, 4) is 0 Å². The number of carbonyl (C=O) groups excluding carboxylic acids is 1. The van der Waals surface area contributed by atoms with Gasteiger partial charge in [-0.1, -0.05) is 13.0 Å². The molecule has 1 atom stereocenters. The van der Waals surface area contributed by atoms with E-state index in [1.165, 1.54) is 15.6 Å². The van der Waals surface area contributed by atoms with Crippen LogP contribution in [0.4, 0.5) is 0 Å². The molecule has 1 saturated heterocycles. The van der Waals surface area contributed by atoms with Crippen LogP contribution >= 0.6 is 27.3 Å². The molecular weight excluding hydrogens is 428 g/mol. The minimum Gasteiger partial charge on any atom is -0.338 e. The summed E-state index contributed by atoms with van der Waals surface area (Å²) in [4.78, 5) is 14.5. The van der Waals surface area contributed by atoms with Gasteiger partial charge in [-0.3, -0.25) is 9.48 Å². The predicted molar refractivity (Wildman–Crippen MR) is 98.9 cm³/mol. The van der Waals surface area contributed by atoms with Gasteiger partial charge in [-0.15, -0.1) is 11.3 Å². The van der Waals surface area contributed by atoms with Crippen LogP contribution in [0, 0.1) is 0 Å². The molecule has 1 aliphatic rings. The third-order valence-electron chi connectivity index (χ3n) is 4.20. The van der Waals surface area contributed by atoms with Gasteiger partial charge in [0.05, 0.1) is 10.7 Å². The molecule has 136 valence electrons. The standard InChI is InChI=1S/C15H19BrN4O3S2/c1-2-13(20-11-12(16)10-17-20)15(21)18-5-7-19(8-6-18)25(22,23)14-4-3-9-24-14/h3-4,9-11,13H,2,5-8H2,1H3. The van der Waals surface area contributed by atoms with Gasteiger partial charge < -0.3 is 4.90 Å². The number of nitrogens with zero attached hydrogens (tertiary/aromatic N) is 4. The van der Waals surface area contributed by atoms with Crippen LogP contribution < -0.4 is 0 Å². The Kier molecular flexibility index (Phi) is 5.62. The number of piperazine rings is 1. The third kappa shape index (κ3) is 3.81. The Hall–Kier alpha value is -1.23. The Labute approximate surface area is 159 Å². The zero-order chi connectivity index (χ0) is 18.0. The smallest absolute Gasteiger partial charge is 0.252 e. The quantitative estimate of drug-likeness (QED) is 0.705. The second-order valence-corrected chi connectivity index (χ2v) is 9.75. The highest BCUT2D eigenvalue weighted by molar-refractivity contribution is 9.10. The first-order valence-electron chi connectivity index (χ1n) is 7.95. The van der Waals surface area contributed by atoms with E-state index < -0.39 is 10.0 Å². The Bertz CT molecular complexity index is 827. The molecule has 1 aliphatic heterocycles. The number of rotatable bonds is 5. The summed E-state index contributed by atoms with van der Waals surface area (Å²) in [6.07, 6.45) is 4.06. The van der Waals surface area contributed by atoms with E-state index in [2.05, 4.69) is 21.0 Å². The maximum absolute atomic E-state index is 12.8. The van der Waals surface area contributed by atoms with Gasteiger partial charge in [0.25, 0.3) is 10.0 Å². The maximum atomic E-state index is 12.8. The summed E-state index contributed by atoms with van der Waals surface area (Å²) in [5.41, 5.74) is 0. The van der Waals surface area contributed by atoms with Crippen LogP contribution in [0.3, 0.4) is 0 Å². The van der Waals surface area contributed by atoms with E-state index in [9.17, 15) is 13.2 Å². The van der Waals surface area contributed by atoms with Crippen molar-refractivity contribution < 1.29 is 13.2 Å². The molecule has 7 nitrogen and oxygen atoms in total. The number of amides is 1. The summed E-state index contributed by atoms with van der Waals surface area (Å²) in [5, 5.41) is 5.96. The average molecular weight is 447 g/mol. The number of halogens is 1. The fourth-order valence-electron chi connectivity index (χ4n) is 2.86. The number of thiophene rings is 1. The van der Waals surface area contributed by atoms with E-state index in [0.717, 1.165) is 4.47 Å². The molecule has 2 aromatic rings. The van der Waals surface area contributed by atoms with Gasteiger partial charge in [0.1, 0.15) is 10.3 Å². The fraction of sp³-hybridized carbons (Fsp3) is 0.467. The lowest BCUT2D eigenvalue weighted by Crippen LogP contribution is -2.52. The van der Waals surface area contributed by atoms with Crippen molar-refractivity contribution in [3.63, 3.8) is 0 Å². The zero-order valence-electron chi connectivity index (χ0n) is 13.7. The first-order valence-corrected chi connectivity index (χ1v) is 11.1. The highest BCUT2D eigenvalue weighted by Crippen LogP contribution is 2.23. The summed E-state index contributed by atoms with van der Waals surface area (Å²) >= 11 is 4.56. The molecule has 3 rings (SSSR count). The normalized spacial score (nSPS) is 17.6. The SMILES string of the molecule is CCC(C(=O)N1CCN(S(=O)(=O)c2cccs2)CC1)n1cc(Br)cn1. The summed E-state index contributed by atoms with van der Waals surface area (Å²) in [7, 11) is -3.45. The largest absolute Gasteiger partial charge is 0.338 e. The summed E-state index contributed by atoms with van der Waals surface area (Å²) in [5.74, 6) is -0.0220. The van der Waals surface area contributed by atoms with Crippen molar-refractivity contribution in [2.24, 2.45) is 0 Å². The highest BCUT2D eigenvalue weighted by atomic mass is 79.9. The van der Waals surface area contributed by atoms with Crippen molar-refractivity contribution in [2.45, 2.75) is 23.6 Å². The average Bonchev–Trinajstić information content (AvgIpc) is 3.28. The van der Waals surface area contributed by atoms with E-state index in [1.54, 1.807) is 39.5 Å². The van der Waals surface area contributed by atoms with Crippen LogP contribution in [0.2, 0.25) is 0 Å². The van der Waals surface area contributed by atoms with Crippen LogP contribution in [0.15, 0.2) is 38.6 Å². The summed E-state index contributed by atoms with van der Waals surface area (Å²) in [6, 6.07) is 2.97. The Morgan fingerprint density at radius 3 is 2.60 bits per heavy atom. The Balaban J connectivity index is 1.66. The molecule has 0 aliphatic carbocycles. The van der Waals surface area contributed by atoms with Crippen molar-refractivity contribution in [1.82, 2.24) is 19.0 Å². The van der Waals surface area contributed by atoms with Crippen LogP contribution in [0.25, 0.3) is 0 Å². The lowest BCUT2D eigenvalue weighted by Gasteiger charge is -2.35. The molecule has 1 fully saturated rings. The molecule has 0 bridgehead atoms. The molecule has 1 amide bonds. The number of aromatic nitrogens is 2. The van der Waals surface area contributed by atoms with Crippen LogP contribution in [-0.4, -0.2) is 59.5 Å². The van der Waals surface area contributed by atoms with E-state index in [-0.39, 0.29) is 11.9 Å². The molecule has 25 heavy (non-hydrogen) atoms. The van der Waals surface area contributed by atoms with Gasteiger partial charge in [0.2, 0.25) is 5.91 Å². The molecule has 0 N–H and O–H groups in total. The van der Waals surface area contributed by atoms with Gasteiger partial charge >= 0.3 is 0 Å². The van der Waals surface area contributed by atoms with Gasteiger partial charge in [-0.2, -0.15) is 9.40 Å². The van der Waals surface area contributed by atoms with Gasteiger partial charge in [-0.05, 0) is 33.8 Å². The van der Waals surface area contributed by atoms with Gasteiger partial charge in [-0.25, -0.2) is 8.42 Å². The third-order valence-corrected chi connectivity index (χ3v) is 7.88. The van der Waals surface area contributed by atoms with E-state index in [1.807, 2.05) is 6.92 Å². The molecule has 0 saturated carbocycles. The molecule has 3 heterocycles. The Morgan fingerprint density at radius 1 is 1.36 bits per heavy atom. The van der Waals surface area contributed by atoms with E-state index >= 15 is 0 Å². The number of sulfonamides is 1. The van der Waals surface area contributed by atoms with Crippen molar-refractivity contribution in [3.05, 3.63) is 34.4 Å². The van der Waals surface area contributed by atoms with Crippen LogP contribution in [0.5, 0.6) is 0 Å². The molecule has 2 aromatic heterocycles. The first-order chi connectivity index (χ1) is 11.9. The van der Waals surface area contributed by atoms with Gasteiger partial charge in [0, 0.05) is 32.4 Å². The number of hydrogen-bond donors (Lipinski definition) is 0. The molecule has 10 heteroatoms. The molecular formula is C15H19BrN4O3S2. The summed E-state index contributed by atoms with van der Waals surface area (Å²) in [6.45, 7) is 3.34. The lowest BCUT2D eigenvalue weighted by atomic mass is 10.2. The van der Waals surface area contributed by atoms with Crippen LogP contribution in [0.1, 0.15) is 19.4 Å². The van der Waals surface area contributed by atoms with Crippen molar-refractivity contribution in [2.75, 3.05) is 26.2 Å². The Morgan fingerprint density at radius 2 is 2.08 bits per heavy atom.